The van der Waals surface area contributed by atoms with Crippen molar-refractivity contribution < 1.29 is 5.11 Å². The van der Waals surface area contributed by atoms with E-state index in [9.17, 15) is 5.11 Å². The van der Waals surface area contributed by atoms with Gasteiger partial charge in [0.05, 0.1) is 6.10 Å². The summed E-state index contributed by atoms with van der Waals surface area (Å²) in [6.07, 6.45) is 8.12. The molecule has 23 heavy (non-hydrogen) atoms. The minimum atomic E-state index is -0.110. The zero-order chi connectivity index (χ0) is 16.1. The summed E-state index contributed by atoms with van der Waals surface area (Å²) in [7, 11) is 0. The van der Waals surface area contributed by atoms with Crippen molar-refractivity contribution in [1.82, 2.24) is 20.1 Å². The first kappa shape index (κ1) is 16.1. The zero-order valence-electron chi connectivity index (χ0n) is 13.7. The standard InChI is InChI=1S/C18H26N4O/c1-14-2-4-15(5-3-14)18(10-11-22-13-19-12-20-22)21-16-6-8-17(23)9-7-16/h2-5,12-13,16-18,21,23H,6-11H2,1H3. The molecule has 1 aromatic carbocycles. The maximum atomic E-state index is 9.69. The van der Waals surface area contributed by atoms with Crippen LogP contribution in [0.25, 0.3) is 0 Å². The molecular weight excluding hydrogens is 288 g/mol. The minimum absolute atomic E-state index is 0.110. The molecule has 2 N–H and O–H groups in total. The Morgan fingerprint density at radius 2 is 1.96 bits per heavy atom. The van der Waals surface area contributed by atoms with Crippen LogP contribution < -0.4 is 5.32 Å². The first-order valence-electron chi connectivity index (χ1n) is 8.54. The van der Waals surface area contributed by atoms with Crippen molar-refractivity contribution in [2.45, 2.75) is 63.8 Å². The summed E-state index contributed by atoms with van der Waals surface area (Å²) in [5.41, 5.74) is 2.60. The van der Waals surface area contributed by atoms with E-state index in [0.717, 1.165) is 38.6 Å². The molecule has 1 aromatic heterocycles. The quantitative estimate of drug-likeness (QED) is 0.860. The number of hydrogen-bond donors (Lipinski definition) is 2. The molecule has 3 rings (SSSR count). The Hall–Kier alpha value is -1.72. The van der Waals surface area contributed by atoms with Crippen LogP contribution in [0.1, 0.15) is 49.3 Å². The average Bonchev–Trinajstić information content (AvgIpc) is 3.08. The molecule has 1 atom stereocenters. The Labute approximate surface area is 137 Å². The van der Waals surface area contributed by atoms with E-state index in [1.54, 1.807) is 12.7 Å². The lowest BCUT2D eigenvalue weighted by atomic mass is 9.91. The molecule has 0 bridgehead atoms. The molecule has 0 spiro atoms. The fourth-order valence-corrected chi connectivity index (χ4v) is 3.28. The molecule has 0 aliphatic heterocycles. The van der Waals surface area contributed by atoms with E-state index in [-0.39, 0.29) is 6.10 Å². The molecule has 0 radical (unpaired) electrons. The number of aliphatic hydroxyl groups excluding tert-OH is 1. The molecule has 2 aromatic rings. The molecule has 1 aliphatic rings. The van der Waals surface area contributed by atoms with Crippen LogP contribution in [0.2, 0.25) is 0 Å². The molecule has 1 heterocycles. The van der Waals surface area contributed by atoms with Crippen molar-refractivity contribution in [2.24, 2.45) is 0 Å². The Morgan fingerprint density at radius 1 is 1.22 bits per heavy atom. The normalized spacial score (nSPS) is 22.9. The Kier molecular flexibility index (Phi) is 5.41. The van der Waals surface area contributed by atoms with Gasteiger partial charge in [-0.05, 0) is 44.6 Å². The molecule has 124 valence electrons. The monoisotopic (exact) mass is 314 g/mol. The molecular formula is C18H26N4O. The molecule has 0 amide bonds. The van der Waals surface area contributed by atoms with Gasteiger partial charge in [0.15, 0.2) is 0 Å². The third-order valence-corrected chi connectivity index (χ3v) is 4.73. The van der Waals surface area contributed by atoms with Crippen LogP contribution in [0.15, 0.2) is 36.9 Å². The van der Waals surface area contributed by atoms with Gasteiger partial charge in [0.25, 0.3) is 0 Å². The van der Waals surface area contributed by atoms with Gasteiger partial charge in [-0.3, -0.25) is 4.68 Å². The van der Waals surface area contributed by atoms with Gasteiger partial charge in [-0.2, -0.15) is 5.10 Å². The second-order valence-corrected chi connectivity index (χ2v) is 6.58. The Bertz CT molecular complexity index is 574. The van der Waals surface area contributed by atoms with Crippen LogP contribution in [0.3, 0.4) is 0 Å². The number of benzene rings is 1. The number of hydrogen-bond acceptors (Lipinski definition) is 4. The van der Waals surface area contributed by atoms with Gasteiger partial charge in [-0.1, -0.05) is 29.8 Å². The van der Waals surface area contributed by atoms with E-state index in [2.05, 4.69) is 46.6 Å². The van der Waals surface area contributed by atoms with Crippen molar-refractivity contribution in [2.75, 3.05) is 0 Å². The fraction of sp³-hybridized carbons (Fsp3) is 0.556. The third-order valence-electron chi connectivity index (χ3n) is 4.73. The van der Waals surface area contributed by atoms with Crippen LogP contribution in [-0.2, 0) is 6.54 Å². The number of rotatable bonds is 6. The highest BCUT2D eigenvalue weighted by atomic mass is 16.3. The van der Waals surface area contributed by atoms with Gasteiger partial charge < -0.3 is 10.4 Å². The summed E-state index contributed by atoms with van der Waals surface area (Å²) >= 11 is 0. The van der Waals surface area contributed by atoms with Gasteiger partial charge in [0, 0.05) is 18.6 Å². The highest BCUT2D eigenvalue weighted by Crippen LogP contribution is 2.24. The van der Waals surface area contributed by atoms with Crippen LogP contribution in [0.4, 0.5) is 0 Å². The van der Waals surface area contributed by atoms with Crippen LogP contribution in [-0.4, -0.2) is 32.0 Å². The summed E-state index contributed by atoms with van der Waals surface area (Å²) in [4.78, 5) is 4.01. The van der Waals surface area contributed by atoms with Crippen LogP contribution >= 0.6 is 0 Å². The molecule has 1 aliphatic carbocycles. The first-order chi connectivity index (χ1) is 11.2. The zero-order valence-corrected chi connectivity index (χ0v) is 13.7. The summed E-state index contributed by atoms with van der Waals surface area (Å²) in [6.45, 7) is 2.96. The number of nitrogens with one attached hydrogen (secondary N) is 1. The lowest BCUT2D eigenvalue weighted by Gasteiger charge is -2.31. The molecule has 1 fully saturated rings. The van der Waals surface area contributed by atoms with Crippen molar-refractivity contribution in [3.8, 4) is 0 Å². The number of aromatic nitrogens is 3. The predicted molar refractivity (Wildman–Crippen MR) is 90.0 cm³/mol. The summed E-state index contributed by atoms with van der Waals surface area (Å²) in [6, 6.07) is 9.56. The maximum Gasteiger partial charge on any atom is 0.137 e. The SMILES string of the molecule is Cc1ccc(C(CCn2cncn2)NC2CCC(O)CC2)cc1. The van der Waals surface area contributed by atoms with E-state index < -0.39 is 0 Å². The van der Waals surface area contributed by atoms with E-state index in [4.69, 9.17) is 0 Å². The van der Waals surface area contributed by atoms with E-state index in [1.165, 1.54) is 11.1 Å². The predicted octanol–water partition coefficient (Wildman–Crippen LogP) is 2.61. The van der Waals surface area contributed by atoms with Gasteiger partial charge in [-0.15, -0.1) is 0 Å². The number of aryl methyl sites for hydroxylation is 2. The van der Waals surface area contributed by atoms with Gasteiger partial charge in [-0.25, -0.2) is 4.98 Å². The summed E-state index contributed by atoms with van der Waals surface area (Å²) in [5, 5.41) is 17.7. The summed E-state index contributed by atoms with van der Waals surface area (Å²) in [5.74, 6) is 0. The third kappa shape index (κ3) is 4.62. The van der Waals surface area contributed by atoms with Crippen molar-refractivity contribution >= 4 is 0 Å². The van der Waals surface area contributed by atoms with Crippen LogP contribution in [0, 0.1) is 6.92 Å². The lowest BCUT2D eigenvalue weighted by molar-refractivity contribution is 0.113. The molecule has 5 heteroatoms. The van der Waals surface area contributed by atoms with Crippen LogP contribution in [0.5, 0.6) is 0 Å². The Morgan fingerprint density at radius 3 is 2.61 bits per heavy atom. The smallest absolute Gasteiger partial charge is 0.137 e. The van der Waals surface area contributed by atoms with Crippen molar-refractivity contribution in [3.63, 3.8) is 0 Å². The summed E-state index contributed by atoms with van der Waals surface area (Å²) < 4.78 is 1.88. The van der Waals surface area contributed by atoms with Crippen molar-refractivity contribution in [3.05, 3.63) is 48.0 Å². The lowest BCUT2D eigenvalue weighted by Crippen LogP contribution is -2.37. The molecule has 5 nitrogen and oxygen atoms in total. The second-order valence-electron chi connectivity index (χ2n) is 6.58. The molecule has 1 unspecified atom stereocenters. The van der Waals surface area contributed by atoms with Gasteiger partial charge in [0.2, 0.25) is 0 Å². The van der Waals surface area contributed by atoms with Gasteiger partial charge in [0.1, 0.15) is 12.7 Å². The molecule has 0 saturated heterocycles. The Balaban J connectivity index is 1.66. The number of nitrogens with zero attached hydrogens (tertiary/aromatic N) is 3. The average molecular weight is 314 g/mol. The minimum Gasteiger partial charge on any atom is -0.393 e. The van der Waals surface area contributed by atoms with E-state index in [0.29, 0.717) is 12.1 Å². The highest BCUT2D eigenvalue weighted by Gasteiger charge is 2.22. The second kappa shape index (κ2) is 7.70. The van der Waals surface area contributed by atoms with Gasteiger partial charge >= 0.3 is 0 Å². The fourth-order valence-electron chi connectivity index (χ4n) is 3.28. The maximum absolute atomic E-state index is 9.69. The topological polar surface area (TPSA) is 63.0 Å². The van der Waals surface area contributed by atoms with E-state index in [1.807, 2.05) is 4.68 Å². The largest absolute Gasteiger partial charge is 0.393 e. The highest BCUT2D eigenvalue weighted by molar-refractivity contribution is 5.24. The van der Waals surface area contributed by atoms with Crippen molar-refractivity contribution in [1.29, 1.82) is 0 Å². The first-order valence-corrected chi connectivity index (χ1v) is 8.54. The number of aliphatic hydroxyl groups is 1. The van der Waals surface area contributed by atoms with E-state index >= 15 is 0 Å². The molecule has 1 saturated carbocycles.